The predicted octanol–water partition coefficient (Wildman–Crippen LogP) is 0.537. The zero-order valence-corrected chi connectivity index (χ0v) is 12.2. The van der Waals surface area contributed by atoms with Crippen LogP contribution in [0, 0.1) is 5.41 Å². The normalized spacial score (nSPS) is 23.2. The number of hydrogen-bond acceptors (Lipinski definition) is 3. The third-order valence-electron chi connectivity index (χ3n) is 3.56. The Labute approximate surface area is 118 Å². The van der Waals surface area contributed by atoms with E-state index in [2.05, 4.69) is 5.32 Å². The summed E-state index contributed by atoms with van der Waals surface area (Å²) in [5, 5.41) is 12.0. The number of rotatable bonds is 4. The lowest BCUT2D eigenvalue weighted by Crippen LogP contribution is -2.56. The second-order valence-electron chi connectivity index (χ2n) is 6.35. The molecule has 1 atom stereocenters. The van der Waals surface area contributed by atoms with Gasteiger partial charge >= 0.3 is 12.0 Å². The van der Waals surface area contributed by atoms with Gasteiger partial charge in [0.15, 0.2) is 0 Å². The number of urea groups is 1. The summed E-state index contributed by atoms with van der Waals surface area (Å²) >= 11 is 0. The second kappa shape index (κ2) is 5.68. The number of piperidine rings is 1. The van der Waals surface area contributed by atoms with E-state index < -0.39 is 22.8 Å². The molecule has 1 fully saturated rings. The van der Waals surface area contributed by atoms with Crippen LogP contribution < -0.4 is 11.1 Å². The summed E-state index contributed by atoms with van der Waals surface area (Å²) in [4.78, 5) is 35.9. The first kappa shape index (κ1) is 16.3. The molecule has 1 saturated heterocycles. The highest BCUT2D eigenvalue weighted by Gasteiger charge is 2.40. The molecule has 0 radical (unpaired) electrons. The van der Waals surface area contributed by atoms with Gasteiger partial charge in [0.05, 0.1) is 5.41 Å². The highest BCUT2D eigenvalue weighted by Crippen LogP contribution is 2.29. The van der Waals surface area contributed by atoms with Crippen LogP contribution in [0.1, 0.15) is 40.0 Å². The van der Waals surface area contributed by atoms with E-state index in [1.807, 2.05) is 0 Å². The van der Waals surface area contributed by atoms with Crippen LogP contribution in [-0.4, -0.2) is 46.5 Å². The Hall–Kier alpha value is -1.79. The molecular formula is C13H23N3O4. The molecule has 7 heteroatoms. The van der Waals surface area contributed by atoms with Gasteiger partial charge in [-0.1, -0.05) is 0 Å². The van der Waals surface area contributed by atoms with Crippen LogP contribution in [-0.2, 0) is 9.59 Å². The molecule has 20 heavy (non-hydrogen) atoms. The Morgan fingerprint density at radius 2 is 2.00 bits per heavy atom. The molecule has 0 aromatic heterocycles. The van der Waals surface area contributed by atoms with E-state index in [9.17, 15) is 19.5 Å². The van der Waals surface area contributed by atoms with Gasteiger partial charge in [0.1, 0.15) is 0 Å². The number of hydrogen-bond donors (Lipinski definition) is 3. The average molecular weight is 285 g/mol. The van der Waals surface area contributed by atoms with Crippen molar-refractivity contribution in [3.8, 4) is 0 Å². The first-order valence-corrected chi connectivity index (χ1v) is 6.64. The molecule has 0 bridgehead atoms. The lowest BCUT2D eigenvalue weighted by Gasteiger charge is -2.39. The number of nitrogens with two attached hydrogens (primary N) is 1. The molecule has 4 N–H and O–H groups in total. The standard InChI is InChI=1S/C13H23N3O4/c1-12(2,7-9(14)17)15-11(20)16-6-4-5-13(3,8-16)10(18)19/h4-8H2,1-3H3,(H2,14,17)(H,15,20)(H,18,19). The van der Waals surface area contributed by atoms with Crippen molar-refractivity contribution >= 4 is 17.9 Å². The van der Waals surface area contributed by atoms with Gasteiger partial charge in [0.25, 0.3) is 0 Å². The molecule has 7 nitrogen and oxygen atoms in total. The number of aliphatic carboxylic acids is 1. The number of carboxylic acids is 1. The van der Waals surface area contributed by atoms with Gasteiger partial charge in [0, 0.05) is 25.0 Å². The maximum absolute atomic E-state index is 12.2. The fourth-order valence-electron chi connectivity index (χ4n) is 2.44. The van der Waals surface area contributed by atoms with Crippen molar-refractivity contribution in [2.24, 2.45) is 11.1 Å². The van der Waals surface area contributed by atoms with Gasteiger partial charge < -0.3 is 21.1 Å². The zero-order chi connectivity index (χ0) is 15.6. The van der Waals surface area contributed by atoms with Crippen LogP contribution in [0.15, 0.2) is 0 Å². The number of carbonyl (C=O) groups excluding carboxylic acids is 2. The molecule has 0 saturated carbocycles. The Morgan fingerprint density at radius 1 is 1.40 bits per heavy atom. The van der Waals surface area contributed by atoms with Gasteiger partial charge in [-0.2, -0.15) is 0 Å². The smallest absolute Gasteiger partial charge is 0.317 e. The van der Waals surface area contributed by atoms with Gasteiger partial charge in [0.2, 0.25) is 5.91 Å². The predicted molar refractivity (Wildman–Crippen MR) is 73.0 cm³/mol. The highest BCUT2D eigenvalue weighted by molar-refractivity contribution is 5.80. The molecule has 0 spiro atoms. The zero-order valence-electron chi connectivity index (χ0n) is 12.2. The Balaban J connectivity index is 2.68. The van der Waals surface area contributed by atoms with Gasteiger partial charge in [-0.15, -0.1) is 0 Å². The van der Waals surface area contributed by atoms with Crippen molar-refractivity contribution < 1.29 is 19.5 Å². The fourth-order valence-corrected chi connectivity index (χ4v) is 2.44. The monoisotopic (exact) mass is 285 g/mol. The topological polar surface area (TPSA) is 113 Å². The molecule has 0 aromatic carbocycles. The van der Waals surface area contributed by atoms with Crippen LogP contribution in [0.2, 0.25) is 0 Å². The van der Waals surface area contributed by atoms with Crippen molar-refractivity contribution in [2.75, 3.05) is 13.1 Å². The first-order valence-electron chi connectivity index (χ1n) is 6.64. The summed E-state index contributed by atoms with van der Waals surface area (Å²) in [6.45, 7) is 5.73. The number of nitrogens with one attached hydrogen (secondary N) is 1. The van der Waals surface area contributed by atoms with Crippen LogP contribution in [0.5, 0.6) is 0 Å². The molecule has 1 unspecified atom stereocenters. The van der Waals surface area contributed by atoms with Gasteiger partial charge in [-0.3, -0.25) is 9.59 Å². The minimum atomic E-state index is -0.913. The number of carbonyl (C=O) groups is 3. The first-order chi connectivity index (χ1) is 9.06. The number of primary amides is 1. The molecule has 3 amide bonds. The summed E-state index contributed by atoms with van der Waals surface area (Å²) in [5.41, 5.74) is 3.47. The highest BCUT2D eigenvalue weighted by atomic mass is 16.4. The molecular weight excluding hydrogens is 262 g/mol. The quantitative estimate of drug-likeness (QED) is 0.699. The van der Waals surface area contributed by atoms with E-state index >= 15 is 0 Å². The van der Waals surface area contributed by atoms with Gasteiger partial charge in [-0.25, -0.2) is 4.79 Å². The minimum Gasteiger partial charge on any atom is -0.481 e. The molecule has 114 valence electrons. The summed E-state index contributed by atoms with van der Waals surface area (Å²) < 4.78 is 0. The lowest BCUT2D eigenvalue weighted by atomic mass is 9.82. The minimum absolute atomic E-state index is 0.0305. The van der Waals surface area contributed by atoms with Crippen LogP contribution in [0.3, 0.4) is 0 Å². The van der Waals surface area contributed by atoms with Gasteiger partial charge in [-0.05, 0) is 33.6 Å². The van der Waals surface area contributed by atoms with E-state index in [4.69, 9.17) is 5.73 Å². The maximum Gasteiger partial charge on any atom is 0.317 e. The third-order valence-corrected chi connectivity index (χ3v) is 3.56. The summed E-state index contributed by atoms with van der Waals surface area (Å²) in [6, 6.07) is -0.358. The molecule has 1 aliphatic rings. The van der Waals surface area contributed by atoms with Crippen LogP contribution >= 0.6 is 0 Å². The number of carboxylic acid groups (broad SMARTS) is 1. The second-order valence-corrected chi connectivity index (χ2v) is 6.35. The Bertz CT molecular complexity index is 422. The fraction of sp³-hybridized carbons (Fsp3) is 0.769. The molecule has 1 rings (SSSR count). The SMILES string of the molecule is CC(C)(CC(N)=O)NC(=O)N1CCCC(C)(C(=O)O)C1. The van der Waals surface area contributed by atoms with Crippen molar-refractivity contribution in [1.82, 2.24) is 10.2 Å². The largest absolute Gasteiger partial charge is 0.481 e. The van der Waals surface area contributed by atoms with E-state index in [0.29, 0.717) is 19.4 Å². The average Bonchev–Trinajstić information content (AvgIpc) is 2.26. The van der Waals surface area contributed by atoms with E-state index in [-0.39, 0.29) is 19.0 Å². The van der Waals surface area contributed by atoms with Crippen LogP contribution in [0.25, 0.3) is 0 Å². The third kappa shape index (κ3) is 4.11. The Morgan fingerprint density at radius 3 is 2.50 bits per heavy atom. The van der Waals surface area contributed by atoms with Crippen molar-refractivity contribution in [2.45, 2.75) is 45.6 Å². The lowest BCUT2D eigenvalue weighted by molar-refractivity contribution is -0.150. The molecule has 0 aromatic rings. The molecule has 1 heterocycles. The van der Waals surface area contributed by atoms with Crippen LogP contribution in [0.4, 0.5) is 4.79 Å². The van der Waals surface area contributed by atoms with Crippen molar-refractivity contribution in [1.29, 1.82) is 0 Å². The van der Waals surface area contributed by atoms with Crippen molar-refractivity contribution in [3.63, 3.8) is 0 Å². The van der Waals surface area contributed by atoms with Crippen molar-refractivity contribution in [3.05, 3.63) is 0 Å². The summed E-state index contributed by atoms with van der Waals surface area (Å²) in [7, 11) is 0. The summed E-state index contributed by atoms with van der Waals surface area (Å²) in [5.74, 6) is -1.39. The maximum atomic E-state index is 12.2. The Kier molecular flexibility index (Phi) is 4.62. The molecule has 0 aliphatic carbocycles. The van der Waals surface area contributed by atoms with E-state index in [1.165, 1.54) is 4.90 Å². The number of nitrogens with zero attached hydrogens (tertiary/aromatic N) is 1. The van der Waals surface area contributed by atoms with E-state index in [1.54, 1.807) is 20.8 Å². The number of amides is 3. The summed E-state index contributed by atoms with van der Waals surface area (Å²) in [6.07, 6.45) is 1.23. The number of likely N-dealkylation sites (tertiary alicyclic amines) is 1. The molecule has 1 aliphatic heterocycles. The van der Waals surface area contributed by atoms with E-state index in [0.717, 1.165) is 0 Å².